The van der Waals surface area contributed by atoms with Gasteiger partial charge in [-0.1, -0.05) is 0 Å². The molecule has 0 saturated heterocycles. The van der Waals surface area contributed by atoms with E-state index in [9.17, 15) is 0 Å². The van der Waals surface area contributed by atoms with Crippen molar-refractivity contribution in [1.82, 2.24) is 9.97 Å². The SMILES string of the molecule is COCCC(C)Nc1cc(C)ncn1. The Balaban J connectivity index is 2.43. The summed E-state index contributed by atoms with van der Waals surface area (Å²) in [5, 5.41) is 3.29. The number of aryl methyl sites for hydroxylation is 1. The molecule has 4 heteroatoms. The fourth-order valence-corrected chi connectivity index (χ4v) is 1.15. The Morgan fingerprint density at radius 1 is 1.50 bits per heavy atom. The van der Waals surface area contributed by atoms with Crippen LogP contribution in [0.5, 0.6) is 0 Å². The van der Waals surface area contributed by atoms with Gasteiger partial charge in [0.1, 0.15) is 12.1 Å². The summed E-state index contributed by atoms with van der Waals surface area (Å²) < 4.78 is 5.00. The highest BCUT2D eigenvalue weighted by Gasteiger charge is 2.02. The lowest BCUT2D eigenvalue weighted by Crippen LogP contribution is -2.18. The van der Waals surface area contributed by atoms with E-state index in [1.807, 2.05) is 13.0 Å². The van der Waals surface area contributed by atoms with Gasteiger partial charge in [0, 0.05) is 31.5 Å². The quantitative estimate of drug-likeness (QED) is 0.775. The Labute approximate surface area is 84.7 Å². The predicted octanol–water partition coefficient (Wildman–Crippen LogP) is 1.62. The maximum absolute atomic E-state index is 5.00. The van der Waals surface area contributed by atoms with Gasteiger partial charge in [-0.2, -0.15) is 0 Å². The van der Waals surface area contributed by atoms with Crippen LogP contribution in [0.4, 0.5) is 5.82 Å². The Kier molecular flexibility index (Phi) is 4.32. The Morgan fingerprint density at radius 2 is 2.29 bits per heavy atom. The molecule has 1 heterocycles. The molecular weight excluding hydrogens is 178 g/mol. The fourth-order valence-electron chi connectivity index (χ4n) is 1.15. The summed E-state index contributed by atoms with van der Waals surface area (Å²) in [6.07, 6.45) is 2.54. The molecule has 0 aliphatic carbocycles. The smallest absolute Gasteiger partial charge is 0.129 e. The van der Waals surface area contributed by atoms with Gasteiger partial charge in [0.2, 0.25) is 0 Å². The van der Waals surface area contributed by atoms with Crippen molar-refractivity contribution >= 4 is 5.82 Å². The second kappa shape index (κ2) is 5.54. The Morgan fingerprint density at radius 3 is 2.93 bits per heavy atom. The molecule has 0 aliphatic heterocycles. The molecule has 0 aliphatic rings. The third-order valence-corrected chi connectivity index (χ3v) is 1.95. The maximum atomic E-state index is 5.00. The predicted molar refractivity (Wildman–Crippen MR) is 56.3 cm³/mol. The van der Waals surface area contributed by atoms with Gasteiger partial charge in [0.15, 0.2) is 0 Å². The van der Waals surface area contributed by atoms with Gasteiger partial charge in [-0.3, -0.25) is 0 Å². The molecule has 14 heavy (non-hydrogen) atoms. The number of hydrogen-bond donors (Lipinski definition) is 1. The first-order valence-electron chi connectivity index (χ1n) is 4.76. The summed E-state index contributed by atoms with van der Waals surface area (Å²) in [6.45, 7) is 4.82. The molecule has 0 radical (unpaired) electrons. The molecule has 78 valence electrons. The third-order valence-electron chi connectivity index (χ3n) is 1.95. The van der Waals surface area contributed by atoms with Crippen LogP contribution < -0.4 is 5.32 Å². The van der Waals surface area contributed by atoms with E-state index >= 15 is 0 Å². The van der Waals surface area contributed by atoms with Crippen LogP contribution in [0.3, 0.4) is 0 Å². The molecule has 0 aromatic carbocycles. The van der Waals surface area contributed by atoms with Crippen LogP contribution in [-0.2, 0) is 4.74 Å². The summed E-state index contributed by atoms with van der Waals surface area (Å²) in [5.41, 5.74) is 0.974. The van der Waals surface area contributed by atoms with Gasteiger partial charge in [-0.25, -0.2) is 9.97 Å². The minimum atomic E-state index is 0.365. The molecule has 0 fully saturated rings. The number of aromatic nitrogens is 2. The van der Waals surface area contributed by atoms with E-state index in [4.69, 9.17) is 4.74 Å². The van der Waals surface area contributed by atoms with Gasteiger partial charge in [-0.15, -0.1) is 0 Å². The molecule has 4 nitrogen and oxygen atoms in total. The van der Waals surface area contributed by atoms with Crippen molar-refractivity contribution in [3.8, 4) is 0 Å². The lowest BCUT2D eigenvalue weighted by Gasteiger charge is -2.13. The van der Waals surface area contributed by atoms with E-state index in [2.05, 4.69) is 22.2 Å². The van der Waals surface area contributed by atoms with E-state index < -0.39 is 0 Å². The average Bonchev–Trinajstić information content (AvgIpc) is 2.15. The van der Waals surface area contributed by atoms with Crippen LogP contribution in [-0.4, -0.2) is 29.7 Å². The molecule has 0 amide bonds. The van der Waals surface area contributed by atoms with Crippen LogP contribution in [0, 0.1) is 6.92 Å². The minimum Gasteiger partial charge on any atom is -0.385 e. The fraction of sp³-hybridized carbons (Fsp3) is 0.600. The summed E-state index contributed by atoms with van der Waals surface area (Å²) in [7, 11) is 1.71. The molecular formula is C10H17N3O. The standard InChI is InChI=1S/C10H17N3O/c1-8(4-5-14-3)13-10-6-9(2)11-7-12-10/h6-8H,4-5H2,1-3H3,(H,11,12,13). The number of methoxy groups -OCH3 is 1. The van der Waals surface area contributed by atoms with E-state index in [1.165, 1.54) is 0 Å². The first-order chi connectivity index (χ1) is 6.72. The molecule has 1 N–H and O–H groups in total. The molecule has 0 spiro atoms. The van der Waals surface area contributed by atoms with Crippen molar-refractivity contribution in [2.45, 2.75) is 26.3 Å². The second-order valence-corrected chi connectivity index (χ2v) is 3.37. The lowest BCUT2D eigenvalue weighted by atomic mass is 10.2. The lowest BCUT2D eigenvalue weighted by molar-refractivity contribution is 0.191. The van der Waals surface area contributed by atoms with Crippen molar-refractivity contribution in [2.24, 2.45) is 0 Å². The number of rotatable bonds is 5. The van der Waals surface area contributed by atoms with E-state index in [-0.39, 0.29) is 0 Å². The van der Waals surface area contributed by atoms with Crippen molar-refractivity contribution in [3.63, 3.8) is 0 Å². The zero-order chi connectivity index (χ0) is 10.4. The largest absolute Gasteiger partial charge is 0.385 e. The molecule has 1 unspecified atom stereocenters. The van der Waals surface area contributed by atoms with Crippen LogP contribution in [0.2, 0.25) is 0 Å². The highest BCUT2D eigenvalue weighted by atomic mass is 16.5. The van der Waals surface area contributed by atoms with Crippen LogP contribution in [0.1, 0.15) is 19.0 Å². The molecule has 1 aromatic heterocycles. The van der Waals surface area contributed by atoms with Gasteiger partial charge in [-0.05, 0) is 20.3 Å². The molecule has 1 rings (SSSR count). The topological polar surface area (TPSA) is 47.0 Å². The van der Waals surface area contributed by atoms with Gasteiger partial charge >= 0.3 is 0 Å². The third kappa shape index (κ3) is 3.70. The zero-order valence-electron chi connectivity index (χ0n) is 8.95. The number of hydrogen-bond acceptors (Lipinski definition) is 4. The van der Waals surface area contributed by atoms with E-state index in [1.54, 1.807) is 13.4 Å². The van der Waals surface area contributed by atoms with Gasteiger partial charge in [0.05, 0.1) is 0 Å². The van der Waals surface area contributed by atoms with Crippen molar-refractivity contribution < 1.29 is 4.74 Å². The number of anilines is 1. The second-order valence-electron chi connectivity index (χ2n) is 3.37. The normalized spacial score (nSPS) is 12.5. The first kappa shape index (κ1) is 10.9. The summed E-state index contributed by atoms with van der Waals surface area (Å²) in [6, 6.07) is 2.30. The Bertz CT molecular complexity index is 278. The molecule has 1 atom stereocenters. The number of ether oxygens (including phenoxy) is 1. The van der Waals surface area contributed by atoms with Gasteiger partial charge < -0.3 is 10.1 Å². The summed E-state index contributed by atoms with van der Waals surface area (Å²) in [4.78, 5) is 8.16. The van der Waals surface area contributed by atoms with Crippen molar-refractivity contribution in [1.29, 1.82) is 0 Å². The maximum Gasteiger partial charge on any atom is 0.129 e. The van der Waals surface area contributed by atoms with E-state index in [0.29, 0.717) is 6.04 Å². The molecule has 1 aromatic rings. The number of nitrogens with zero attached hydrogens (tertiary/aromatic N) is 2. The van der Waals surface area contributed by atoms with Crippen molar-refractivity contribution in [3.05, 3.63) is 18.1 Å². The first-order valence-corrected chi connectivity index (χ1v) is 4.76. The highest BCUT2D eigenvalue weighted by Crippen LogP contribution is 2.06. The van der Waals surface area contributed by atoms with Crippen LogP contribution >= 0.6 is 0 Å². The summed E-state index contributed by atoms with van der Waals surface area (Å²) in [5.74, 6) is 0.876. The summed E-state index contributed by atoms with van der Waals surface area (Å²) >= 11 is 0. The Hall–Kier alpha value is -1.16. The molecule has 0 bridgehead atoms. The zero-order valence-corrected chi connectivity index (χ0v) is 8.95. The average molecular weight is 195 g/mol. The monoisotopic (exact) mass is 195 g/mol. The molecule has 0 saturated carbocycles. The minimum absolute atomic E-state index is 0.365. The van der Waals surface area contributed by atoms with Gasteiger partial charge in [0.25, 0.3) is 0 Å². The number of nitrogens with one attached hydrogen (secondary N) is 1. The van der Waals surface area contributed by atoms with Crippen LogP contribution in [0.15, 0.2) is 12.4 Å². The van der Waals surface area contributed by atoms with E-state index in [0.717, 1.165) is 24.5 Å². The van der Waals surface area contributed by atoms with Crippen LogP contribution in [0.25, 0.3) is 0 Å². The van der Waals surface area contributed by atoms with Crippen molar-refractivity contribution in [2.75, 3.05) is 19.0 Å². The highest BCUT2D eigenvalue weighted by molar-refractivity contribution is 5.35.